The van der Waals surface area contributed by atoms with Crippen molar-refractivity contribution in [1.82, 2.24) is 14.9 Å². The zero-order valence-electron chi connectivity index (χ0n) is 14.1. The summed E-state index contributed by atoms with van der Waals surface area (Å²) in [6, 6.07) is 8.07. The minimum Gasteiger partial charge on any atom is -0.378 e. The third-order valence-corrected chi connectivity index (χ3v) is 4.54. The van der Waals surface area contributed by atoms with E-state index in [4.69, 9.17) is 0 Å². The molecule has 3 rings (SSSR count). The lowest BCUT2D eigenvalue weighted by Gasteiger charge is -2.35. The van der Waals surface area contributed by atoms with Crippen molar-refractivity contribution >= 4 is 11.6 Å². The zero-order chi connectivity index (χ0) is 16.8. The van der Waals surface area contributed by atoms with Gasteiger partial charge in [0, 0.05) is 31.2 Å². The molecule has 0 spiro atoms. The summed E-state index contributed by atoms with van der Waals surface area (Å²) in [6.07, 6.45) is 9.60. The number of nitrogens with zero attached hydrogens (tertiary/aromatic N) is 3. The van der Waals surface area contributed by atoms with E-state index >= 15 is 0 Å². The molecule has 5 nitrogen and oxygen atoms in total. The van der Waals surface area contributed by atoms with Crippen LogP contribution in [-0.2, 0) is 6.54 Å². The standard InChI is InChI=1S/C19H24N4O/c1-2-18-8-4-6-10-23(18)19(24)15-11-17(13-20-12-15)22-14-16-7-3-5-9-21-16/h3,5,7,9,11-13,18,22H,2,4,6,8,10,14H2,1H3. The minimum absolute atomic E-state index is 0.0931. The minimum atomic E-state index is 0.0931. The molecule has 1 aliphatic rings. The van der Waals surface area contributed by atoms with Crippen LogP contribution in [0.25, 0.3) is 0 Å². The molecule has 0 bridgehead atoms. The van der Waals surface area contributed by atoms with Crippen LogP contribution in [0.15, 0.2) is 42.9 Å². The maximum Gasteiger partial charge on any atom is 0.255 e. The first kappa shape index (κ1) is 16.4. The lowest BCUT2D eigenvalue weighted by Crippen LogP contribution is -2.43. The van der Waals surface area contributed by atoms with Gasteiger partial charge in [0.1, 0.15) is 0 Å². The van der Waals surface area contributed by atoms with Crippen LogP contribution in [0.5, 0.6) is 0 Å². The van der Waals surface area contributed by atoms with Crippen molar-refractivity contribution < 1.29 is 4.79 Å². The van der Waals surface area contributed by atoms with Crippen molar-refractivity contribution in [2.45, 2.75) is 45.2 Å². The highest BCUT2D eigenvalue weighted by atomic mass is 16.2. The number of carbonyl (C=O) groups is 1. The Bertz CT molecular complexity index is 674. The van der Waals surface area contributed by atoms with E-state index < -0.39 is 0 Å². The number of carbonyl (C=O) groups excluding carboxylic acids is 1. The molecule has 1 N–H and O–H groups in total. The molecule has 1 amide bonds. The Morgan fingerprint density at radius 1 is 1.33 bits per heavy atom. The maximum atomic E-state index is 12.8. The van der Waals surface area contributed by atoms with E-state index in [1.807, 2.05) is 29.2 Å². The summed E-state index contributed by atoms with van der Waals surface area (Å²) >= 11 is 0. The van der Waals surface area contributed by atoms with Gasteiger partial charge in [-0.3, -0.25) is 14.8 Å². The highest BCUT2D eigenvalue weighted by Crippen LogP contribution is 2.22. The van der Waals surface area contributed by atoms with Gasteiger partial charge < -0.3 is 10.2 Å². The highest BCUT2D eigenvalue weighted by Gasteiger charge is 2.26. The monoisotopic (exact) mass is 324 g/mol. The Hall–Kier alpha value is -2.43. The van der Waals surface area contributed by atoms with E-state index in [2.05, 4.69) is 22.2 Å². The summed E-state index contributed by atoms with van der Waals surface area (Å²) < 4.78 is 0. The van der Waals surface area contributed by atoms with Crippen LogP contribution < -0.4 is 5.32 Å². The molecule has 1 atom stereocenters. The summed E-state index contributed by atoms with van der Waals surface area (Å²) in [5.41, 5.74) is 2.45. The van der Waals surface area contributed by atoms with Crippen LogP contribution in [0.4, 0.5) is 5.69 Å². The molecule has 0 radical (unpaired) electrons. The number of piperidine rings is 1. The molecule has 2 aromatic rings. The van der Waals surface area contributed by atoms with Crippen molar-refractivity contribution in [3.63, 3.8) is 0 Å². The molecule has 0 aromatic carbocycles. The highest BCUT2D eigenvalue weighted by molar-refractivity contribution is 5.95. The van der Waals surface area contributed by atoms with Crippen molar-refractivity contribution in [3.05, 3.63) is 54.1 Å². The molecule has 126 valence electrons. The maximum absolute atomic E-state index is 12.8. The van der Waals surface area contributed by atoms with Gasteiger partial charge in [-0.2, -0.15) is 0 Å². The third kappa shape index (κ3) is 3.91. The summed E-state index contributed by atoms with van der Waals surface area (Å²) in [4.78, 5) is 23.4. The Balaban J connectivity index is 1.69. The van der Waals surface area contributed by atoms with E-state index in [1.165, 1.54) is 6.42 Å². The smallest absolute Gasteiger partial charge is 0.255 e. The van der Waals surface area contributed by atoms with Gasteiger partial charge in [-0.1, -0.05) is 13.0 Å². The number of hydrogen-bond acceptors (Lipinski definition) is 4. The first-order chi connectivity index (χ1) is 11.8. The number of pyridine rings is 2. The number of likely N-dealkylation sites (tertiary alicyclic amines) is 1. The second-order valence-corrected chi connectivity index (χ2v) is 6.19. The fourth-order valence-corrected chi connectivity index (χ4v) is 3.21. The van der Waals surface area contributed by atoms with Crippen LogP contribution in [0.1, 0.15) is 48.7 Å². The summed E-state index contributed by atoms with van der Waals surface area (Å²) in [7, 11) is 0. The van der Waals surface area contributed by atoms with Crippen molar-refractivity contribution in [1.29, 1.82) is 0 Å². The van der Waals surface area contributed by atoms with E-state index in [9.17, 15) is 4.79 Å². The number of anilines is 1. The number of amides is 1. The molecule has 1 saturated heterocycles. The second kappa shape index (κ2) is 7.90. The van der Waals surface area contributed by atoms with Gasteiger partial charge in [-0.25, -0.2) is 0 Å². The molecule has 2 aromatic heterocycles. The van der Waals surface area contributed by atoms with Crippen molar-refractivity contribution in [2.24, 2.45) is 0 Å². The molecular formula is C19H24N4O. The second-order valence-electron chi connectivity index (χ2n) is 6.19. The largest absolute Gasteiger partial charge is 0.378 e. The lowest BCUT2D eigenvalue weighted by atomic mass is 9.99. The molecule has 0 saturated carbocycles. The van der Waals surface area contributed by atoms with Crippen LogP contribution in [0, 0.1) is 0 Å². The molecule has 5 heteroatoms. The predicted molar refractivity (Wildman–Crippen MR) is 94.8 cm³/mol. The Kier molecular flexibility index (Phi) is 5.41. The van der Waals surface area contributed by atoms with E-state index in [0.717, 1.165) is 37.2 Å². The van der Waals surface area contributed by atoms with Crippen molar-refractivity contribution in [3.8, 4) is 0 Å². The quantitative estimate of drug-likeness (QED) is 0.914. The van der Waals surface area contributed by atoms with Gasteiger partial charge in [0.25, 0.3) is 5.91 Å². The Morgan fingerprint density at radius 3 is 3.04 bits per heavy atom. The molecule has 24 heavy (non-hydrogen) atoms. The normalized spacial score (nSPS) is 17.5. The molecule has 0 aliphatic carbocycles. The van der Waals surface area contributed by atoms with Gasteiger partial charge in [0.2, 0.25) is 0 Å². The number of nitrogens with one attached hydrogen (secondary N) is 1. The van der Waals surface area contributed by atoms with Gasteiger partial charge in [-0.05, 0) is 43.9 Å². The van der Waals surface area contributed by atoms with Gasteiger partial charge >= 0.3 is 0 Å². The summed E-state index contributed by atoms with van der Waals surface area (Å²) in [5.74, 6) is 0.0931. The number of rotatable bonds is 5. The van der Waals surface area contributed by atoms with E-state index in [1.54, 1.807) is 18.6 Å². The molecular weight excluding hydrogens is 300 g/mol. The average Bonchev–Trinajstić information content (AvgIpc) is 2.67. The zero-order valence-corrected chi connectivity index (χ0v) is 14.1. The number of hydrogen-bond donors (Lipinski definition) is 1. The molecule has 1 fully saturated rings. The average molecular weight is 324 g/mol. The van der Waals surface area contributed by atoms with Gasteiger partial charge in [0.15, 0.2) is 0 Å². The van der Waals surface area contributed by atoms with Gasteiger partial charge in [-0.15, -0.1) is 0 Å². The molecule has 3 heterocycles. The fraction of sp³-hybridized carbons (Fsp3) is 0.421. The van der Waals surface area contributed by atoms with E-state index in [-0.39, 0.29) is 5.91 Å². The SMILES string of the molecule is CCC1CCCCN1C(=O)c1cncc(NCc2ccccn2)c1. The first-order valence-electron chi connectivity index (χ1n) is 8.67. The van der Waals surface area contributed by atoms with Crippen LogP contribution >= 0.6 is 0 Å². The predicted octanol–water partition coefficient (Wildman–Crippen LogP) is 3.49. The fourth-order valence-electron chi connectivity index (χ4n) is 3.21. The Morgan fingerprint density at radius 2 is 2.25 bits per heavy atom. The topological polar surface area (TPSA) is 58.1 Å². The molecule has 1 aliphatic heterocycles. The van der Waals surface area contributed by atoms with Crippen LogP contribution in [-0.4, -0.2) is 33.4 Å². The molecule has 1 unspecified atom stereocenters. The summed E-state index contributed by atoms with van der Waals surface area (Å²) in [6.45, 7) is 3.61. The van der Waals surface area contributed by atoms with Crippen LogP contribution in [0.2, 0.25) is 0 Å². The Labute approximate surface area is 143 Å². The van der Waals surface area contributed by atoms with E-state index in [0.29, 0.717) is 18.2 Å². The summed E-state index contributed by atoms with van der Waals surface area (Å²) in [5, 5.41) is 3.29. The lowest BCUT2D eigenvalue weighted by molar-refractivity contribution is 0.0607. The van der Waals surface area contributed by atoms with Crippen LogP contribution in [0.3, 0.4) is 0 Å². The first-order valence-corrected chi connectivity index (χ1v) is 8.67. The van der Waals surface area contributed by atoms with Gasteiger partial charge in [0.05, 0.1) is 23.5 Å². The third-order valence-electron chi connectivity index (χ3n) is 4.54. The number of aromatic nitrogens is 2. The van der Waals surface area contributed by atoms with Crippen molar-refractivity contribution in [2.75, 3.05) is 11.9 Å².